The average Bonchev–Trinajstić information content (AvgIpc) is 2.17. The maximum absolute atomic E-state index is 3.91. The molecule has 0 heterocycles. The Morgan fingerprint density at radius 1 is 1.44 bits per heavy atom. The van der Waals surface area contributed by atoms with Crippen LogP contribution in [0, 0.1) is 0 Å². The fourth-order valence-corrected chi connectivity index (χ4v) is 2.77. The molecule has 0 spiro atoms. The van der Waals surface area contributed by atoms with Gasteiger partial charge in [0.1, 0.15) is 0 Å². The van der Waals surface area contributed by atoms with Crippen LogP contribution in [0.4, 0.5) is 0 Å². The Kier molecular flexibility index (Phi) is 3.82. The molecule has 1 aromatic rings. The summed E-state index contributed by atoms with van der Waals surface area (Å²) in [4.78, 5) is 0. The molecule has 1 fully saturated rings. The fourth-order valence-electron chi connectivity index (χ4n) is 2.16. The molecule has 2 heteroatoms. The molecule has 0 atom stereocenters. The Labute approximate surface area is 106 Å². The molecule has 0 radical (unpaired) electrons. The van der Waals surface area contributed by atoms with Crippen LogP contribution in [0.2, 0.25) is 0 Å². The van der Waals surface area contributed by atoms with Crippen molar-refractivity contribution >= 4 is 15.9 Å². The quantitative estimate of drug-likeness (QED) is 0.826. The van der Waals surface area contributed by atoms with Gasteiger partial charge >= 0.3 is 0 Å². The highest BCUT2D eigenvalue weighted by Crippen LogP contribution is 2.39. The first kappa shape index (κ1) is 11.9. The molecule has 1 saturated carbocycles. The zero-order valence-corrected chi connectivity index (χ0v) is 11.3. The van der Waals surface area contributed by atoms with Gasteiger partial charge in [-0.3, -0.25) is 0 Å². The third kappa shape index (κ3) is 2.74. The summed E-state index contributed by atoms with van der Waals surface area (Å²) in [5.74, 6) is 0.721. The van der Waals surface area contributed by atoms with Crippen molar-refractivity contribution in [1.82, 2.24) is 5.32 Å². The molecule has 0 bridgehead atoms. The van der Waals surface area contributed by atoms with E-state index in [0.717, 1.165) is 12.5 Å². The zero-order chi connectivity index (χ0) is 11.5. The van der Waals surface area contributed by atoms with Crippen LogP contribution in [-0.2, 0) is 0 Å². The normalized spacial score (nSPS) is 23.9. The third-order valence-electron chi connectivity index (χ3n) is 3.18. The molecule has 0 saturated heterocycles. The number of nitrogens with one attached hydrogen (secondary N) is 1. The maximum Gasteiger partial charge on any atom is 0.0210 e. The fraction of sp³-hybridized carbons (Fsp3) is 0.429. The summed E-state index contributed by atoms with van der Waals surface area (Å²) >= 11 is 3.62. The van der Waals surface area contributed by atoms with E-state index in [4.69, 9.17) is 0 Å². The van der Waals surface area contributed by atoms with E-state index in [-0.39, 0.29) is 0 Å². The van der Waals surface area contributed by atoms with Gasteiger partial charge in [-0.05, 0) is 37.3 Å². The Morgan fingerprint density at radius 3 is 2.75 bits per heavy atom. The third-order valence-corrected chi connectivity index (χ3v) is 3.90. The maximum atomic E-state index is 3.91. The molecule has 2 rings (SSSR count). The first-order chi connectivity index (χ1) is 7.66. The van der Waals surface area contributed by atoms with Crippen LogP contribution in [0.25, 0.3) is 0 Å². The van der Waals surface area contributed by atoms with Gasteiger partial charge in [-0.2, -0.15) is 0 Å². The first-order valence-corrected chi connectivity index (χ1v) is 6.58. The molecule has 0 amide bonds. The van der Waals surface area contributed by atoms with Gasteiger partial charge in [-0.15, -0.1) is 0 Å². The predicted octanol–water partition coefficient (Wildman–Crippen LogP) is 3.86. The Bertz CT molecular complexity index is 380. The largest absolute Gasteiger partial charge is 0.310 e. The molecule has 1 aliphatic carbocycles. The van der Waals surface area contributed by atoms with Gasteiger partial charge in [-0.1, -0.05) is 46.3 Å². The summed E-state index contributed by atoms with van der Waals surface area (Å²) in [5, 5.41) is 3.52. The van der Waals surface area contributed by atoms with E-state index < -0.39 is 0 Å². The second-order valence-corrected chi connectivity index (χ2v) is 5.58. The molecule has 1 aliphatic rings. The van der Waals surface area contributed by atoms with Crippen LogP contribution in [-0.4, -0.2) is 12.6 Å². The van der Waals surface area contributed by atoms with E-state index >= 15 is 0 Å². The van der Waals surface area contributed by atoms with Crippen molar-refractivity contribution in [2.45, 2.75) is 31.7 Å². The van der Waals surface area contributed by atoms with Gasteiger partial charge < -0.3 is 5.32 Å². The molecule has 86 valence electrons. The molecule has 0 unspecified atom stereocenters. The summed E-state index contributed by atoms with van der Waals surface area (Å²) in [7, 11) is 0. The number of halogens is 1. The smallest absolute Gasteiger partial charge is 0.0210 e. The van der Waals surface area contributed by atoms with Crippen LogP contribution in [0.1, 0.15) is 31.2 Å². The van der Waals surface area contributed by atoms with Gasteiger partial charge in [-0.25, -0.2) is 0 Å². The molecule has 1 nitrogen and oxygen atoms in total. The van der Waals surface area contributed by atoms with Crippen LogP contribution in [0.15, 0.2) is 40.9 Å². The van der Waals surface area contributed by atoms with Gasteiger partial charge in [0.2, 0.25) is 0 Å². The van der Waals surface area contributed by atoms with E-state index in [0.29, 0.717) is 6.04 Å². The Hall–Kier alpha value is -0.600. The van der Waals surface area contributed by atoms with Gasteiger partial charge in [0.25, 0.3) is 0 Å². The molecule has 1 N–H and O–H groups in total. The number of benzene rings is 1. The highest BCUT2D eigenvalue weighted by Gasteiger charge is 2.30. The lowest BCUT2D eigenvalue weighted by Crippen LogP contribution is -2.40. The van der Waals surface area contributed by atoms with E-state index in [1.54, 1.807) is 0 Å². The minimum absolute atomic E-state index is 0.675. The van der Waals surface area contributed by atoms with Gasteiger partial charge in [0, 0.05) is 17.1 Å². The van der Waals surface area contributed by atoms with Crippen molar-refractivity contribution in [3.63, 3.8) is 0 Å². The van der Waals surface area contributed by atoms with E-state index in [2.05, 4.69) is 59.0 Å². The topological polar surface area (TPSA) is 12.0 Å². The van der Waals surface area contributed by atoms with Crippen LogP contribution in [0.3, 0.4) is 0 Å². The van der Waals surface area contributed by atoms with E-state index in [1.807, 2.05) is 0 Å². The standard InChI is InChI=1S/C14H18BrN/c1-10(2)9-16-12-7-11(8-12)13-5-3-4-6-14(13)15/h3-6,11-12,16H,1,7-9H2,2H3. The van der Waals surface area contributed by atoms with Crippen LogP contribution < -0.4 is 5.32 Å². The first-order valence-electron chi connectivity index (χ1n) is 5.79. The SMILES string of the molecule is C=C(C)CNC1CC(c2ccccc2Br)C1. The minimum atomic E-state index is 0.675. The Morgan fingerprint density at radius 2 is 2.12 bits per heavy atom. The lowest BCUT2D eigenvalue weighted by Gasteiger charge is -2.37. The lowest BCUT2D eigenvalue weighted by molar-refractivity contribution is 0.297. The monoisotopic (exact) mass is 279 g/mol. The predicted molar refractivity (Wildman–Crippen MR) is 72.7 cm³/mol. The van der Waals surface area contributed by atoms with Crippen molar-refractivity contribution in [2.75, 3.05) is 6.54 Å². The van der Waals surface area contributed by atoms with E-state index in [9.17, 15) is 0 Å². The minimum Gasteiger partial charge on any atom is -0.310 e. The molecule has 0 aliphatic heterocycles. The van der Waals surface area contributed by atoms with Crippen molar-refractivity contribution in [3.05, 3.63) is 46.5 Å². The second kappa shape index (κ2) is 5.15. The molecule has 16 heavy (non-hydrogen) atoms. The number of hydrogen-bond acceptors (Lipinski definition) is 1. The molecular weight excluding hydrogens is 262 g/mol. The van der Waals surface area contributed by atoms with Crippen molar-refractivity contribution in [2.24, 2.45) is 0 Å². The molecule has 1 aromatic carbocycles. The Balaban J connectivity index is 1.84. The lowest BCUT2D eigenvalue weighted by atomic mass is 9.76. The van der Waals surface area contributed by atoms with Crippen molar-refractivity contribution < 1.29 is 0 Å². The summed E-state index contributed by atoms with van der Waals surface area (Å²) in [6, 6.07) is 9.22. The van der Waals surface area contributed by atoms with Crippen LogP contribution >= 0.6 is 15.9 Å². The number of rotatable bonds is 4. The summed E-state index contributed by atoms with van der Waals surface area (Å²) in [6.07, 6.45) is 2.49. The highest BCUT2D eigenvalue weighted by atomic mass is 79.9. The zero-order valence-electron chi connectivity index (χ0n) is 9.67. The second-order valence-electron chi connectivity index (χ2n) is 4.72. The molecular formula is C14H18BrN. The van der Waals surface area contributed by atoms with Crippen molar-refractivity contribution in [3.8, 4) is 0 Å². The summed E-state index contributed by atoms with van der Waals surface area (Å²) in [6.45, 7) is 6.92. The van der Waals surface area contributed by atoms with Gasteiger partial charge in [0.05, 0.1) is 0 Å². The van der Waals surface area contributed by atoms with Crippen molar-refractivity contribution in [1.29, 1.82) is 0 Å². The number of hydrogen-bond donors (Lipinski definition) is 1. The average molecular weight is 280 g/mol. The van der Waals surface area contributed by atoms with Crippen LogP contribution in [0.5, 0.6) is 0 Å². The van der Waals surface area contributed by atoms with Gasteiger partial charge in [0.15, 0.2) is 0 Å². The summed E-state index contributed by atoms with van der Waals surface area (Å²) in [5.41, 5.74) is 2.67. The van der Waals surface area contributed by atoms with E-state index in [1.165, 1.54) is 28.5 Å². The highest BCUT2D eigenvalue weighted by molar-refractivity contribution is 9.10. The summed E-state index contributed by atoms with van der Waals surface area (Å²) < 4.78 is 1.25. The molecule has 0 aromatic heterocycles.